The van der Waals surface area contributed by atoms with Gasteiger partial charge in [-0.1, -0.05) is 36.7 Å². The molecular formula is C28H36ClNO3. The smallest absolute Gasteiger partial charge is 0.331 e. The maximum atomic E-state index is 13.1. The van der Waals surface area contributed by atoms with Crippen molar-refractivity contribution in [1.29, 1.82) is 0 Å². The first kappa shape index (κ1) is 24.1. The normalized spacial score (nSPS) is 27.3. The fourth-order valence-electron chi connectivity index (χ4n) is 6.28. The zero-order valence-electron chi connectivity index (χ0n) is 20.2. The van der Waals surface area contributed by atoms with Crippen LogP contribution in [0.2, 0.25) is 5.02 Å². The van der Waals surface area contributed by atoms with Crippen molar-refractivity contribution < 1.29 is 14.6 Å². The molecule has 0 bridgehead atoms. The van der Waals surface area contributed by atoms with Crippen LogP contribution >= 0.6 is 11.6 Å². The number of esters is 1. The molecule has 1 saturated carbocycles. The molecule has 0 heterocycles. The molecule has 0 saturated heterocycles. The number of anilines is 1. The molecule has 2 aromatic carbocycles. The number of hydrogen-bond donors (Lipinski definition) is 2. The highest BCUT2D eigenvalue weighted by molar-refractivity contribution is 6.30. The van der Waals surface area contributed by atoms with E-state index in [9.17, 15) is 9.90 Å². The van der Waals surface area contributed by atoms with E-state index in [4.69, 9.17) is 16.3 Å². The average Bonchev–Trinajstić information content (AvgIpc) is 3.07. The van der Waals surface area contributed by atoms with Crippen LogP contribution < -0.4 is 5.32 Å². The number of benzene rings is 2. The summed E-state index contributed by atoms with van der Waals surface area (Å²) >= 11 is 6.21. The largest absolute Gasteiger partial charge is 0.467 e. The number of aryl methyl sites for hydroxylation is 2. The third kappa shape index (κ3) is 4.40. The first-order valence-electron chi connectivity index (χ1n) is 12.1. The zero-order chi connectivity index (χ0) is 23.8. The number of fused-ring (bicyclic) bond motifs is 2. The summed E-state index contributed by atoms with van der Waals surface area (Å²) in [6.45, 7) is 6.72. The lowest BCUT2D eigenvalue weighted by atomic mass is 9.59. The number of carbonyl (C=O) groups is 1. The summed E-state index contributed by atoms with van der Waals surface area (Å²) in [5.74, 6) is 0.522. The van der Waals surface area contributed by atoms with Gasteiger partial charge >= 0.3 is 5.97 Å². The maximum absolute atomic E-state index is 13.1. The molecule has 4 nitrogen and oxygen atoms in total. The molecule has 2 atom stereocenters. The summed E-state index contributed by atoms with van der Waals surface area (Å²) in [6.07, 6.45) is 5.26. The monoisotopic (exact) mass is 469 g/mol. The van der Waals surface area contributed by atoms with E-state index in [0.29, 0.717) is 23.8 Å². The van der Waals surface area contributed by atoms with Crippen LogP contribution in [0.15, 0.2) is 36.4 Å². The Labute approximate surface area is 202 Å². The van der Waals surface area contributed by atoms with E-state index in [-0.39, 0.29) is 23.9 Å². The molecule has 0 amide bonds. The van der Waals surface area contributed by atoms with Crippen LogP contribution in [0.4, 0.5) is 5.69 Å². The predicted molar refractivity (Wildman–Crippen MR) is 134 cm³/mol. The highest BCUT2D eigenvalue weighted by Crippen LogP contribution is 2.56. The predicted octanol–water partition coefficient (Wildman–Crippen LogP) is 5.98. The average molecular weight is 470 g/mol. The van der Waals surface area contributed by atoms with Gasteiger partial charge in [-0.05, 0) is 110 Å². The minimum absolute atomic E-state index is 0.0325. The van der Waals surface area contributed by atoms with Crippen LogP contribution in [0.1, 0.15) is 61.3 Å². The molecule has 0 radical (unpaired) electrons. The van der Waals surface area contributed by atoms with Gasteiger partial charge in [-0.15, -0.1) is 0 Å². The van der Waals surface area contributed by atoms with Gasteiger partial charge in [0.15, 0.2) is 0 Å². The van der Waals surface area contributed by atoms with Crippen molar-refractivity contribution >= 4 is 23.3 Å². The van der Waals surface area contributed by atoms with Crippen molar-refractivity contribution in [2.75, 3.05) is 19.0 Å². The Morgan fingerprint density at radius 1 is 1.18 bits per heavy atom. The van der Waals surface area contributed by atoms with Gasteiger partial charge in [-0.2, -0.15) is 0 Å². The number of methoxy groups -OCH3 is 1. The molecule has 4 rings (SSSR count). The number of aliphatic hydroxyl groups excluding tert-OH is 1. The van der Waals surface area contributed by atoms with E-state index in [1.807, 2.05) is 24.3 Å². The molecule has 1 unspecified atom stereocenters. The molecule has 1 spiro atoms. The number of nitrogens with one attached hydrogen (secondary N) is 1. The van der Waals surface area contributed by atoms with E-state index in [1.165, 1.54) is 29.4 Å². The van der Waals surface area contributed by atoms with Crippen molar-refractivity contribution in [3.63, 3.8) is 0 Å². The minimum Gasteiger partial charge on any atom is -0.467 e. The molecule has 2 aromatic rings. The van der Waals surface area contributed by atoms with E-state index in [2.05, 4.69) is 38.2 Å². The number of carbonyl (C=O) groups excluding carboxylic acids is 1. The molecule has 0 aliphatic heterocycles. The number of aliphatic hydroxyl groups is 1. The first-order chi connectivity index (χ1) is 15.7. The Kier molecular flexibility index (Phi) is 6.80. The molecule has 178 valence electrons. The molecule has 33 heavy (non-hydrogen) atoms. The summed E-state index contributed by atoms with van der Waals surface area (Å²) in [7, 11) is 1.47. The van der Waals surface area contributed by atoms with E-state index in [0.717, 1.165) is 31.4 Å². The van der Waals surface area contributed by atoms with Crippen molar-refractivity contribution in [1.82, 2.24) is 0 Å². The number of ether oxygens (including phenoxy) is 1. The van der Waals surface area contributed by atoms with Crippen molar-refractivity contribution in [3.05, 3.63) is 63.7 Å². The third-order valence-corrected chi connectivity index (χ3v) is 8.52. The van der Waals surface area contributed by atoms with Gasteiger partial charge in [0, 0.05) is 17.3 Å². The van der Waals surface area contributed by atoms with Crippen LogP contribution in [0.25, 0.3) is 0 Å². The Balaban J connectivity index is 1.68. The number of rotatable bonds is 6. The SMILES string of the molecule is COC(=O)C1(Nc2cccc(Cl)c2)CCC2(CC1)c1cc(C)c(C)cc1CC2C[C@@H](C)CO. The fourth-order valence-corrected chi connectivity index (χ4v) is 6.47. The summed E-state index contributed by atoms with van der Waals surface area (Å²) in [6, 6.07) is 12.3. The van der Waals surface area contributed by atoms with Crippen LogP contribution in [-0.2, 0) is 21.4 Å². The summed E-state index contributed by atoms with van der Waals surface area (Å²) in [4.78, 5) is 13.1. The molecule has 2 aliphatic carbocycles. The lowest BCUT2D eigenvalue weighted by Crippen LogP contribution is -2.53. The van der Waals surface area contributed by atoms with Gasteiger partial charge < -0.3 is 15.2 Å². The van der Waals surface area contributed by atoms with Crippen LogP contribution in [-0.4, -0.2) is 30.3 Å². The van der Waals surface area contributed by atoms with Gasteiger partial charge in [-0.3, -0.25) is 0 Å². The summed E-state index contributed by atoms with van der Waals surface area (Å²) in [5.41, 5.74) is 5.68. The first-order valence-corrected chi connectivity index (χ1v) is 12.4. The standard InChI is InChI=1S/C28H36ClNO3/c1-18(17-31)12-22-15-21-13-19(2)20(3)14-25(21)27(22)8-10-28(11-9-27,26(32)33-4)30-24-7-5-6-23(29)16-24/h5-7,13-14,16,18,22,30-31H,8-12,15,17H2,1-4H3/t18-,22?,27?,28?/m1/s1. The lowest BCUT2D eigenvalue weighted by molar-refractivity contribution is -0.148. The van der Waals surface area contributed by atoms with Crippen LogP contribution in [0.5, 0.6) is 0 Å². The van der Waals surface area contributed by atoms with Crippen molar-refractivity contribution in [3.8, 4) is 0 Å². The van der Waals surface area contributed by atoms with Gasteiger partial charge in [0.2, 0.25) is 0 Å². The quantitative estimate of drug-likeness (QED) is 0.510. The van der Waals surface area contributed by atoms with E-state index >= 15 is 0 Å². The van der Waals surface area contributed by atoms with Gasteiger partial charge in [-0.25, -0.2) is 4.79 Å². The molecule has 5 heteroatoms. The topological polar surface area (TPSA) is 58.6 Å². The summed E-state index contributed by atoms with van der Waals surface area (Å²) in [5, 5.41) is 13.9. The van der Waals surface area contributed by atoms with Crippen molar-refractivity contribution in [2.24, 2.45) is 11.8 Å². The Morgan fingerprint density at radius 2 is 1.88 bits per heavy atom. The highest BCUT2D eigenvalue weighted by Gasteiger charge is 2.54. The highest BCUT2D eigenvalue weighted by atomic mass is 35.5. The van der Waals surface area contributed by atoms with E-state index in [1.54, 1.807) is 0 Å². The van der Waals surface area contributed by atoms with Gasteiger partial charge in [0.05, 0.1) is 7.11 Å². The maximum Gasteiger partial charge on any atom is 0.331 e. The molecule has 2 N–H and O–H groups in total. The zero-order valence-corrected chi connectivity index (χ0v) is 21.0. The lowest BCUT2D eigenvalue weighted by Gasteiger charge is -2.48. The number of hydrogen-bond acceptors (Lipinski definition) is 4. The second-order valence-electron chi connectivity index (χ2n) is 10.4. The Bertz CT molecular complexity index is 1030. The van der Waals surface area contributed by atoms with Crippen molar-refractivity contribution in [2.45, 2.75) is 70.3 Å². The molecule has 1 fully saturated rings. The second-order valence-corrected chi connectivity index (χ2v) is 10.8. The molecular weight excluding hydrogens is 434 g/mol. The number of halogens is 1. The molecule has 2 aliphatic rings. The second kappa shape index (κ2) is 9.31. The third-order valence-electron chi connectivity index (χ3n) is 8.28. The summed E-state index contributed by atoms with van der Waals surface area (Å²) < 4.78 is 5.29. The van der Waals surface area contributed by atoms with E-state index < -0.39 is 5.54 Å². The Morgan fingerprint density at radius 3 is 2.52 bits per heavy atom. The van der Waals surface area contributed by atoms with Gasteiger partial charge in [0.25, 0.3) is 0 Å². The van der Waals surface area contributed by atoms with Gasteiger partial charge in [0.1, 0.15) is 5.54 Å². The molecule has 0 aromatic heterocycles. The minimum atomic E-state index is -0.764. The Hall–Kier alpha value is -2.04. The van der Waals surface area contributed by atoms with Crippen LogP contribution in [0.3, 0.4) is 0 Å². The fraction of sp³-hybridized carbons (Fsp3) is 0.536. The van der Waals surface area contributed by atoms with Crippen LogP contribution in [0, 0.1) is 25.7 Å².